The number of hydrogen-bond acceptors (Lipinski definition) is 0. The van der Waals surface area contributed by atoms with Crippen LogP contribution in [0, 0.1) is 10.8 Å². The largest absolute Gasteiger partial charge is 0.0822 e. The SMILES string of the molecule is CC(C=CC(C)(C)CC(C)(C)C)c1ccccc1. The van der Waals surface area contributed by atoms with Crippen LogP contribution in [-0.2, 0) is 0 Å². The normalized spacial score (nSPS) is 15.0. The maximum atomic E-state index is 2.38. The Balaban J connectivity index is 2.69. The topological polar surface area (TPSA) is 0 Å². The maximum Gasteiger partial charge on any atom is -0.00102 e. The van der Waals surface area contributed by atoms with Crippen LogP contribution >= 0.6 is 0 Å². The molecule has 0 heterocycles. The van der Waals surface area contributed by atoms with E-state index in [9.17, 15) is 0 Å². The van der Waals surface area contributed by atoms with Crippen molar-refractivity contribution in [2.75, 3.05) is 0 Å². The second kappa shape index (κ2) is 5.73. The third-order valence-corrected chi connectivity index (χ3v) is 3.15. The highest BCUT2D eigenvalue weighted by molar-refractivity contribution is 5.23. The molecule has 0 saturated carbocycles. The van der Waals surface area contributed by atoms with Crippen LogP contribution in [-0.4, -0.2) is 0 Å². The summed E-state index contributed by atoms with van der Waals surface area (Å²) in [5.41, 5.74) is 2.03. The molecule has 0 amide bonds. The lowest BCUT2D eigenvalue weighted by Crippen LogP contribution is -2.18. The standard InChI is InChI=1S/C18H28/c1-15(16-10-8-7-9-11-16)12-13-18(5,6)14-17(2,3)4/h7-13,15H,14H2,1-6H3. The zero-order valence-electron chi connectivity index (χ0n) is 12.8. The Hall–Kier alpha value is -1.04. The molecule has 100 valence electrons. The first-order chi connectivity index (χ1) is 8.20. The van der Waals surface area contributed by atoms with E-state index >= 15 is 0 Å². The van der Waals surface area contributed by atoms with Crippen molar-refractivity contribution in [2.45, 2.75) is 53.9 Å². The van der Waals surface area contributed by atoms with Crippen molar-refractivity contribution in [3.8, 4) is 0 Å². The molecule has 1 rings (SSSR count). The number of rotatable bonds is 4. The van der Waals surface area contributed by atoms with Gasteiger partial charge in [0.1, 0.15) is 0 Å². The van der Waals surface area contributed by atoms with Gasteiger partial charge < -0.3 is 0 Å². The molecule has 0 aliphatic heterocycles. The number of allylic oxidation sites excluding steroid dienone is 2. The second-order valence-corrected chi connectivity index (χ2v) is 7.28. The van der Waals surface area contributed by atoms with Gasteiger partial charge in [-0.05, 0) is 28.7 Å². The third-order valence-electron chi connectivity index (χ3n) is 3.15. The van der Waals surface area contributed by atoms with E-state index in [0.717, 1.165) is 0 Å². The fraction of sp³-hybridized carbons (Fsp3) is 0.556. The minimum atomic E-state index is 0.265. The van der Waals surface area contributed by atoms with Gasteiger partial charge >= 0.3 is 0 Å². The maximum absolute atomic E-state index is 2.38. The van der Waals surface area contributed by atoms with E-state index in [1.54, 1.807) is 0 Å². The molecular weight excluding hydrogens is 216 g/mol. The molecule has 0 saturated heterocycles. The molecule has 0 bridgehead atoms. The molecule has 0 nitrogen and oxygen atoms in total. The number of hydrogen-bond donors (Lipinski definition) is 0. The van der Waals surface area contributed by atoms with E-state index < -0.39 is 0 Å². The predicted molar refractivity (Wildman–Crippen MR) is 81.9 cm³/mol. The fourth-order valence-corrected chi connectivity index (χ4v) is 2.70. The van der Waals surface area contributed by atoms with Crippen molar-refractivity contribution >= 4 is 0 Å². The summed E-state index contributed by atoms with van der Waals surface area (Å²) in [7, 11) is 0. The van der Waals surface area contributed by atoms with Crippen molar-refractivity contribution in [2.24, 2.45) is 10.8 Å². The Kier molecular flexibility index (Phi) is 4.78. The Morgan fingerprint density at radius 2 is 1.56 bits per heavy atom. The van der Waals surface area contributed by atoms with E-state index in [2.05, 4.69) is 84.0 Å². The summed E-state index contributed by atoms with van der Waals surface area (Å²) in [4.78, 5) is 0. The van der Waals surface area contributed by atoms with Crippen molar-refractivity contribution in [3.63, 3.8) is 0 Å². The van der Waals surface area contributed by atoms with Crippen LogP contribution in [0.1, 0.15) is 59.4 Å². The monoisotopic (exact) mass is 244 g/mol. The van der Waals surface area contributed by atoms with Gasteiger partial charge in [0, 0.05) is 0 Å². The zero-order valence-corrected chi connectivity index (χ0v) is 12.8. The Morgan fingerprint density at radius 3 is 2.06 bits per heavy atom. The van der Waals surface area contributed by atoms with Crippen molar-refractivity contribution < 1.29 is 0 Å². The summed E-state index contributed by atoms with van der Waals surface area (Å²) in [5, 5.41) is 0. The average molecular weight is 244 g/mol. The molecule has 0 aromatic heterocycles. The minimum Gasteiger partial charge on any atom is -0.0822 e. The van der Waals surface area contributed by atoms with E-state index in [1.807, 2.05) is 0 Å². The Labute approximate surface area is 113 Å². The van der Waals surface area contributed by atoms with Gasteiger partial charge in [-0.2, -0.15) is 0 Å². The first-order valence-electron chi connectivity index (χ1n) is 6.94. The molecule has 0 aliphatic carbocycles. The van der Waals surface area contributed by atoms with Gasteiger partial charge in [-0.3, -0.25) is 0 Å². The van der Waals surface area contributed by atoms with Crippen LogP contribution in [0.25, 0.3) is 0 Å². The Bertz CT molecular complexity index is 376. The zero-order chi connectivity index (χ0) is 13.8. The molecule has 0 radical (unpaired) electrons. The van der Waals surface area contributed by atoms with E-state index in [0.29, 0.717) is 11.3 Å². The van der Waals surface area contributed by atoms with Crippen LogP contribution in [0.4, 0.5) is 0 Å². The van der Waals surface area contributed by atoms with Crippen molar-refractivity contribution in [1.29, 1.82) is 0 Å². The van der Waals surface area contributed by atoms with Crippen LogP contribution in [0.15, 0.2) is 42.5 Å². The predicted octanol–water partition coefficient (Wildman–Crippen LogP) is 5.81. The van der Waals surface area contributed by atoms with Crippen LogP contribution in [0.3, 0.4) is 0 Å². The summed E-state index contributed by atoms with van der Waals surface area (Å²) in [6.45, 7) is 13.8. The molecule has 0 aliphatic rings. The molecule has 1 aromatic carbocycles. The number of benzene rings is 1. The van der Waals surface area contributed by atoms with Gasteiger partial charge in [0.2, 0.25) is 0 Å². The highest BCUT2D eigenvalue weighted by Gasteiger charge is 2.22. The van der Waals surface area contributed by atoms with Crippen molar-refractivity contribution in [3.05, 3.63) is 48.0 Å². The van der Waals surface area contributed by atoms with Crippen molar-refractivity contribution in [1.82, 2.24) is 0 Å². The smallest absolute Gasteiger partial charge is 0.00102 e. The fourth-order valence-electron chi connectivity index (χ4n) is 2.70. The first-order valence-corrected chi connectivity index (χ1v) is 6.94. The quantitative estimate of drug-likeness (QED) is 0.586. The molecule has 0 spiro atoms. The molecule has 1 atom stereocenters. The highest BCUT2D eigenvalue weighted by Crippen LogP contribution is 2.34. The summed E-state index contributed by atoms with van der Waals surface area (Å²) in [6, 6.07) is 10.7. The lowest BCUT2D eigenvalue weighted by molar-refractivity contribution is 0.261. The van der Waals surface area contributed by atoms with Crippen LogP contribution < -0.4 is 0 Å². The molecular formula is C18H28. The average Bonchev–Trinajstić information content (AvgIpc) is 2.24. The van der Waals surface area contributed by atoms with Crippen LogP contribution in [0.5, 0.6) is 0 Å². The summed E-state index contributed by atoms with van der Waals surface area (Å²) in [5.74, 6) is 0.491. The van der Waals surface area contributed by atoms with E-state index in [-0.39, 0.29) is 5.41 Å². The minimum absolute atomic E-state index is 0.265. The molecule has 1 unspecified atom stereocenters. The third kappa shape index (κ3) is 5.53. The first kappa shape index (κ1) is 15.0. The lowest BCUT2D eigenvalue weighted by Gasteiger charge is -2.30. The van der Waals surface area contributed by atoms with Gasteiger partial charge in [-0.15, -0.1) is 0 Å². The molecule has 1 aromatic rings. The van der Waals surface area contributed by atoms with Gasteiger partial charge in [0.05, 0.1) is 0 Å². The van der Waals surface area contributed by atoms with E-state index in [1.165, 1.54) is 12.0 Å². The van der Waals surface area contributed by atoms with E-state index in [4.69, 9.17) is 0 Å². The molecule has 0 N–H and O–H groups in total. The Morgan fingerprint density at radius 1 is 1.00 bits per heavy atom. The molecule has 0 fully saturated rings. The summed E-state index contributed by atoms with van der Waals surface area (Å²) in [6.07, 6.45) is 5.94. The summed E-state index contributed by atoms with van der Waals surface area (Å²) < 4.78 is 0. The second-order valence-electron chi connectivity index (χ2n) is 7.28. The van der Waals surface area contributed by atoms with Gasteiger partial charge in [-0.1, -0.05) is 84.0 Å². The highest BCUT2D eigenvalue weighted by atomic mass is 14.3. The molecule has 18 heavy (non-hydrogen) atoms. The molecule has 0 heteroatoms. The lowest BCUT2D eigenvalue weighted by atomic mass is 9.75. The van der Waals surface area contributed by atoms with Crippen LogP contribution in [0.2, 0.25) is 0 Å². The van der Waals surface area contributed by atoms with Gasteiger partial charge in [-0.25, -0.2) is 0 Å². The van der Waals surface area contributed by atoms with Gasteiger partial charge in [0.15, 0.2) is 0 Å². The van der Waals surface area contributed by atoms with Gasteiger partial charge in [0.25, 0.3) is 0 Å². The summed E-state index contributed by atoms with van der Waals surface area (Å²) >= 11 is 0.